The maximum Gasteiger partial charge on any atom is 0.276 e. The topological polar surface area (TPSA) is 77.9 Å². The van der Waals surface area contributed by atoms with E-state index < -0.39 is 0 Å². The van der Waals surface area contributed by atoms with Crippen molar-refractivity contribution in [2.75, 3.05) is 20.3 Å². The van der Waals surface area contributed by atoms with Gasteiger partial charge in [0.05, 0.1) is 6.26 Å². The van der Waals surface area contributed by atoms with Crippen molar-refractivity contribution in [2.24, 2.45) is 0 Å². The van der Waals surface area contributed by atoms with Crippen molar-refractivity contribution in [3.63, 3.8) is 0 Å². The van der Waals surface area contributed by atoms with Crippen molar-refractivity contribution in [2.45, 2.75) is 6.54 Å². The molecular formula is C18H16N2O5. The minimum Gasteiger partial charge on any atom is -0.486 e. The molecule has 3 heterocycles. The second kappa shape index (κ2) is 6.35. The van der Waals surface area contributed by atoms with Crippen molar-refractivity contribution in [1.82, 2.24) is 10.1 Å². The van der Waals surface area contributed by atoms with E-state index in [1.165, 1.54) is 6.26 Å². The molecule has 0 aliphatic carbocycles. The van der Waals surface area contributed by atoms with Crippen LogP contribution in [-0.2, 0) is 6.54 Å². The van der Waals surface area contributed by atoms with Gasteiger partial charge in [0, 0.05) is 19.7 Å². The number of carbonyl (C=O) groups is 1. The molecular weight excluding hydrogens is 324 g/mol. The van der Waals surface area contributed by atoms with Gasteiger partial charge in [0.1, 0.15) is 13.2 Å². The van der Waals surface area contributed by atoms with Gasteiger partial charge in [-0.05, 0) is 29.8 Å². The minimum atomic E-state index is -0.239. The predicted octanol–water partition coefficient (Wildman–Crippen LogP) is 2.98. The fourth-order valence-electron chi connectivity index (χ4n) is 2.64. The molecule has 7 heteroatoms. The molecule has 1 aromatic carbocycles. The molecule has 0 N–H and O–H groups in total. The Balaban J connectivity index is 1.47. The van der Waals surface area contributed by atoms with Crippen LogP contribution in [0.5, 0.6) is 11.5 Å². The summed E-state index contributed by atoms with van der Waals surface area (Å²) in [4.78, 5) is 14.1. The zero-order chi connectivity index (χ0) is 17.2. The van der Waals surface area contributed by atoms with E-state index in [0.29, 0.717) is 37.0 Å². The summed E-state index contributed by atoms with van der Waals surface area (Å²) in [5.41, 5.74) is 1.17. The molecule has 2 aromatic heterocycles. The first-order valence-electron chi connectivity index (χ1n) is 7.85. The largest absolute Gasteiger partial charge is 0.486 e. The van der Waals surface area contributed by atoms with Crippen LogP contribution in [0.1, 0.15) is 16.1 Å². The van der Waals surface area contributed by atoms with Gasteiger partial charge in [-0.1, -0.05) is 11.2 Å². The first-order chi connectivity index (χ1) is 12.2. The second-order valence-electron chi connectivity index (χ2n) is 5.69. The Morgan fingerprint density at radius 2 is 1.96 bits per heavy atom. The molecule has 0 atom stereocenters. The summed E-state index contributed by atoms with van der Waals surface area (Å²) in [5, 5.41) is 3.83. The summed E-state index contributed by atoms with van der Waals surface area (Å²) in [6.07, 6.45) is 1.54. The molecule has 25 heavy (non-hydrogen) atoms. The van der Waals surface area contributed by atoms with Crippen LogP contribution >= 0.6 is 0 Å². The molecule has 1 amide bonds. The average molecular weight is 340 g/mol. The van der Waals surface area contributed by atoms with Crippen LogP contribution in [0.3, 0.4) is 0 Å². The highest BCUT2D eigenvalue weighted by molar-refractivity contribution is 5.92. The Morgan fingerprint density at radius 3 is 2.76 bits per heavy atom. The van der Waals surface area contributed by atoms with E-state index in [0.717, 1.165) is 11.3 Å². The summed E-state index contributed by atoms with van der Waals surface area (Å²) in [6.45, 7) is 1.49. The van der Waals surface area contributed by atoms with E-state index in [4.69, 9.17) is 18.4 Å². The normalized spacial score (nSPS) is 12.8. The molecule has 7 nitrogen and oxygen atoms in total. The molecule has 4 rings (SSSR count). The van der Waals surface area contributed by atoms with Crippen molar-refractivity contribution >= 4 is 5.91 Å². The van der Waals surface area contributed by atoms with Gasteiger partial charge in [-0.2, -0.15) is 0 Å². The minimum absolute atomic E-state index is 0.228. The van der Waals surface area contributed by atoms with Gasteiger partial charge >= 0.3 is 0 Å². The number of carbonyl (C=O) groups excluding carboxylic acids is 1. The Bertz CT molecular complexity index is 885. The maximum atomic E-state index is 12.5. The van der Waals surface area contributed by atoms with Crippen LogP contribution < -0.4 is 9.47 Å². The van der Waals surface area contributed by atoms with E-state index in [9.17, 15) is 4.79 Å². The number of nitrogens with zero attached hydrogens (tertiary/aromatic N) is 2. The Hall–Kier alpha value is -3.22. The van der Waals surface area contributed by atoms with E-state index in [1.54, 1.807) is 30.1 Å². The van der Waals surface area contributed by atoms with Crippen LogP contribution in [0.2, 0.25) is 0 Å². The smallest absolute Gasteiger partial charge is 0.276 e. The number of ether oxygens (including phenoxy) is 2. The number of furan rings is 1. The molecule has 3 aromatic rings. The summed E-state index contributed by atoms with van der Waals surface area (Å²) in [6, 6.07) is 10.7. The molecule has 0 saturated carbocycles. The first-order valence-corrected chi connectivity index (χ1v) is 7.85. The van der Waals surface area contributed by atoms with Crippen molar-refractivity contribution in [3.8, 4) is 23.0 Å². The quantitative estimate of drug-likeness (QED) is 0.726. The van der Waals surface area contributed by atoms with Crippen LogP contribution in [0.15, 0.2) is 51.6 Å². The van der Waals surface area contributed by atoms with Gasteiger partial charge < -0.3 is 23.3 Å². The van der Waals surface area contributed by atoms with Crippen LogP contribution in [0, 0.1) is 0 Å². The highest BCUT2D eigenvalue weighted by Gasteiger charge is 2.20. The predicted molar refractivity (Wildman–Crippen MR) is 87.4 cm³/mol. The molecule has 0 fully saturated rings. The van der Waals surface area contributed by atoms with Gasteiger partial charge in [-0.25, -0.2) is 0 Å². The van der Waals surface area contributed by atoms with Gasteiger partial charge in [0.15, 0.2) is 23.0 Å². The van der Waals surface area contributed by atoms with Crippen LogP contribution in [0.4, 0.5) is 0 Å². The van der Waals surface area contributed by atoms with E-state index in [-0.39, 0.29) is 11.6 Å². The molecule has 128 valence electrons. The van der Waals surface area contributed by atoms with E-state index in [1.807, 2.05) is 18.2 Å². The van der Waals surface area contributed by atoms with Gasteiger partial charge in [0.25, 0.3) is 5.91 Å². The Kier molecular flexibility index (Phi) is 3.89. The summed E-state index contributed by atoms with van der Waals surface area (Å²) >= 11 is 0. The molecule has 0 bridgehead atoms. The highest BCUT2D eigenvalue weighted by Crippen LogP contribution is 2.31. The van der Waals surface area contributed by atoms with E-state index >= 15 is 0 Å². The summed E-state index contributed by atoms with van der Waals surface area (Å²) in [7, 11) is 1.71. The zero-order valence-electron chi connectivity index (χ0n) is 13.6. The van der Waals surface area contributed by atoms with Gasteiger partial charge in [-0.3, -0.25) is 4.79 Å². The van der Waals surface area contributed by atoms with Crippen LogP contribution in [-0.4, -0.2) is 36.2 Å². The summed E-state index contributed by atoms with van der Waals surface area (Å²) in [5.74, 6) is 2.13. The van der Waals surface area contributed by atoms with Crippen molar-refractivity contribution < 1.29 is 23.2 Å². The SMILES string of the molecule is CN(Cc1ccc2c(c1)OCCO2)C(=O)c1cc(-c2ccco2)on1. The van der Waals surface area contributed by atoms with Crippen molar-refractivity contribution in [3.05, 3.63) is 53.9 Å². The number of fused-ring (bicyclic) bond motifs is 1. The number of hydrogen-bond donors (Lipinski definition) is 0. The number of amides is 1. The Morgan fingerprint density at radius 1 is 1.12 bits per heavy atom. The molecule has 0 unspecified atom stereocenters. The third-order valence-corrected chi connectivity index (χ3v) is 3.87. The highest BCUT2D eigenvalue weighted by atomic mass is 16.6. The summed E-state index contributed by atoms with van der Waals surface area (Å²) < 4.78 is 21.5. The zero-order valence-corrected chi connectivity index (χ0v) is 13.6. The maximum absolute atomic E-state index is 12.5. The fraction of sp³-hybridized carbons (Fsp3) is 0.222. The third-order valence-electron chi connectivity index (χ3n) is 3.87. The standard InChI is InChI=1S/C18H16N2O5/c1-20(11-12-4-5-15-16(9-12)24-8-7-23-15)18(21)13-10-17(25-19-13)14-3-2-6-22-14/h2-6,9-10H,7-8,11H2,1H3. The lowest BCUT2D eigenvalue weighted by Crippen LogP contribution is -2.26. The lowest BCUT2D eigenvalue weighted by Gasteiger charge is -2.20. The average Bonchev–Trinajstić information content (AvgIpc) is 3.32. The van der Waals surface area contributed by atoms with Gasteiger partial charge in [0.2, 0.25) is 5.76 Å². The molecule has 0 radical (unpaired) electrons. The molecule has 0 spiro atoms. The lowest BCUT2D eigenvalue weighted by atomic mass is 10.1. The number of aromatic nitrogens is 1. The molecule has 1 aliphatic rings. The third kappa shape index (κ3) is 3.08. The number of rotatable bonds is 4. The van der Waals surface area contributed by atoms with Gasteiger partial charge in [-0.15, -0.1) is 0 Å². The Labute approximate surface area is 143 Å². The fourth-order valence-corrected chi connectivity index (χ4v) is 2.64. The molecule has 0 saturated heterocycles. The second-order valence-corrected chi connectivity index (χ2v) is 5.69. The monoisotopic (exact) mass is 340 g/mol. The lowest BCUT2D eigenvalue weighted by molar-refractivity contribution is 0.0774. The van der Waals surface area contributed by atoms with Crippen LogP contribution in [0.25, 0.3) is 11.5 Å². The molecule has 1 aliphatic heterocycles. The number of benzene rings is 1. The van der Waals surface area contributed by atoms with Crippen molar-refractivity contribution in [1.29, 1.82) is 0 Å². The van der Waals surface area contributed by atoms with E-state index in [2.05, 4.69) is 5.16 Å². The number of hydrogen-bond acceptors (Lipinski definition) is 6. The first kappa shape index (κ1) is 15.3.